The van der Waals surface area contributed by atoms with Gasteiger partial charge in [-0.25, -0.2) is 15.0 Å². The summed E-state index contributed by atoms with van der Waals surface area (Å²) in [5.41, 5.74) is 1.44. The molecule has 0 aromatic carbocycles. The van der Waals surface area contributed by atoms with Crippen LogP contribution in [0.25, 0.3) is 10.6 Å². The second-order valence-corrected chi connectivity index (χ2v) is 12.2. The van der Waals surface area contributed by atoms with Crippen LogP contribution in [0.1, 0.15) is 63.9 Å². The zero-order chi connectivity index (χ0) is 26.0. The Balaban J connectivity index is 1.27. The topological polar surface area (TPSA) is 95.9 Å². The molecule has 3 aromatic rings. The minimum Gasteiger partial charge on any atom is -0.334 e. The van der Waals surface area contributed by atoms with Crippen LogP contribution in [0.2, 0.25) is 0 Å². The molecule has 0 radical (unpaired) electrons. The first-order chi connectivity index (χ1) is 18.3. The number of nitrogens with zero attached hydrogens (tertiary/aromatic N) is 5. The maximum atomic E-state index is 14.1. The molecule has 0 unspecified atom stereocenters. The molecular formula is C25H24F3N7OS2. The third-order valence-corrected chi connectivity index (χ3v) is 9.44. The van der Waals surface area contributed by atoms with Crippen molar-refractivity contribution < 1.29 is 18.0 Å². The monoisotopic (exact) mass is 559 g/mol. The van der Waals surface area contributed by atoms with Crippen molar-refractivity contribution in [2.24, 2.45) is 0 Å². The molecule has 0 saturated heterocycles. The molecule has 0 atom stereocenters. The van der Waals surface area contributed by atoms with Crippen molar-refractivity contribution in [1.29, 1.82) is 0 Å². The fourth-order valence-corrected chi connectivity index (χ4v) is 7.24. The van der Waals surface area contributed by atoms with E-state index in [2.05, 4.69) is 20.6 Å². The van der Waals surface area contributed by atoms with Crippen molar-refractivity contribution in [3.63, 3.8) is 0 Å². The van der Waals surface area contributed by atoms with Crippen LogP contribution in [-0.4, -0.2) is 55.6 Å². The van der Waals surface area contributed by atoms with Crippen LogP contribution in [0.3, 0.4) is 0 Å². The lowest BCUT2D eigenvalue weighted by Gasteiger charge is -2.19. The highest BCUT2D eigenvalue weighted by Gasteiger charge is 2.39. The Morgan fingerprint density at radius 1 is 1.11 bits per heavy atom. The number of carbonyl (C=O) groups is 1. The number of thioether (sulfide) groups is 1. The second-order valence-electron chi connectivity index (χ2n) is 10.0. The Labute approximate surface area is 224 Å². The Bertz CT molecular complexity index is 1440. The number of amides is 1. The quantitative estimate of drug-likeness (QED) is 0.452. The number of alkyl halides is 3. The van der Waals surface area contributed by atoms with Gasteiger partial charge < -0.3 is 15.5 Å². The van der Waals surface area contributed by atoms with Crippen LogP contribution in [0.4, 0.5) is 24.9 Å². The molecule has 2 fully saturated rings. The van der Waals surface area contributed by atoms with E-state index < -0.39 is 11.7 Å². The summed E-state index contributed by atoms with van der Waals surface area (Å²) in [5.74, 6) is 1.42. The third-order valence-electron chi connectivity index (χ3n) is 7.16. The van der Waals surface area contributed by atoms with Crippen LogP contribution in [0, 0.1) is 0 Å². The fraction of sp³-hybridized carbons (Fsp3) is 0.480. The maximum Gasteiger partial charge on any atom is 0.420 e. The smallest absolute Gasteiger partial charge is 0.334 e. The van der Waals surface area contributed by atoms with E-state index in [-0.39, 0.29) is 29.5 Å². The lowest BCUT2D eigenvalue weighted by Crippen LogP contribution is -2.33. The first kappa shape index (κ1) is 24.3. The Morgan fingerprint density at radius 3 is 2.71 bits per heavy atom. The van der Waals surface area contributed by atoms with Crippen LogP contribution < -0.4 is 10.6 Å². The van der Waals surface area contributed by atoms with E-state index in [9.17, 15) is 18.0 Å². The number of carbonyl (C=O) groups excluding carboxylic acids is 1. The molecule has 0 bridgehead atoms. The summed E-state index contributed by atoms with van der Waals surface area (Å²) in [4.78, 5) is 34.6. The van der Waals surface area contributed by atoms with Crippen molar-refractivity contribution in [2.75, 3.05) is 24.2 Å². The van der Waals surface area contributed by atoms with E-state index in [1.807, 2.05) is 4.90 Å². The summed E-state index contributed by atoms with van der Waals surface area (Å²) >= 11 is 2.58. The summed E-state index contributed by atoms with van der Waals surface area (Å²) in [5, 5.41) is 6.38. The summed E-state index contributed by atoms with van der Waals surface area (Å²) in [6.45, 7) is 2.10. The highest BCUT2D eigenvalue weighted by Crippen LogP contribution is 2.45. The van der Waals surface area contributed by atoms with Crippen molar-refractivity contribution >= 4 is 40.8 Å². The number of halogens is 3. The molecule has 5 heterocycles. The van der Waals surface area contributed by atoms with Crippen LogP contribution in [0.15, 0.2) is 17.2 Å². The van der Waals surface area contributed by atoms with Gasteiger partial charge in [0.2, 0.25) is 5.95 Å². The second kappa shape index (κ2) is 9.16. The average molecular weight is 560 g/mol. The van der Waals surface area contributed by atoms with E-state index in [1.165, 1.54) is 11.8 Å². The SMILES string of the molecule is O=C1c2sc(-c3nc(Nc4nc5c(nc4C4CC4)CNCC5)ncc3C(F)(F)F)cc2SCCN1C1CC1. The first-order valence-corrected chi connectivity index (χ1v) is 14.5. The molecule has 1 amide bonds. The van der Waals surface area contributed by atoms with Crippen LogP contribution in [0.5, 0.6) is 0 Å². The van der Waals surface area contributed by atoms with Gasteiger partial charge in [-0.05, 0) is 31.7 Å². The first-order valence-electron chi connectivity index (χ1n) is 12.7. The lowest BCUT2D eigenvalue weighted by atomic mass is 10.1. The van der Waals surface area contributed by atoms with Gasteiger partial charge >= 0.3 is 6.18 Å². The van der Waals surface area contributed by atoms with Gasteiger partial charge in [0.15, 0.2) is 5.82 Å². The van der Waals surface area contributed by atoms with E-state index in [0.717, 1.165) is 73.3 Å². The molecule has 2 aliphatic heterocycles. The predicted octanol–water partition coefficient (Wildman–Crippen LogP) is 4.99. The number of fused-ring (bicyclic) bond motifs is 2. The highest BCUT2D eigenvalue weighted by molar-refractivity contribution is 7.99. The molecule has 4 aliphatic rings. The fourth-order valence-electron chi connectivity index (χ4n) is 4.92. The molecule has 13 heteroatoms. The van der Waals surface area contributed by atoms with Gasteiger partial charge in [0, 0.05) is 54.9 Å². The Morgan fingerprint density at radius 2 is 1.95 bits per heavy atom. The largest absolute Gasteiger partial charge is 0.420 e. The number of hydrogen-bond acceptors (Lipinski definition) is 9. The third kappa shape index (κ3) is 4.54. The van der Waals surface area contributed by atoms with Gasteiger partial charge in [-0.15, -0.1) is 23.1 Å². The van der Waals surface area contributed by atoms with Gasteiger partial charge in [-0.3, -0.25) is 9.78 Å². The molecule has 198 valence electrons. The molecule has 7 rings (SSSR count). The van der Waals surface area contributed by atoms with Crippen LogP contribution in [-0.2, 0) is 19.1 Å². The summed E-state index contributed by atoms with van der Waals surface area (Å²) in [7, 11) is 0. The van der Waals surface area contributed by atoms with Gasteiger partial charge in [-0.2, -0.15) is 13.2 Å². The van der Waals surface area contributed by atoms with Crippen molar-refractivity contribution in [3.05, 3.63) is 39.8 Å². The van der Waals surface area contributed by atoms with Gasteiger partial charge in [0.05, 0.1) is 27.7 Å². The standard InChI is InChI=1S/C25H24F3N7OS2/c26-25(27,28)14-10-30-24(34-22-19(12-1-2-12)31-16-11-29-6-5-15(16)32-22)33-20(14)17-9-18-21(38-17)23(36)35(7-8-37-18)13-3-4-13/h9-10,12-13,29H,1-8,11H2,(H,30,32,33,34). The minimum atomic E-state index is -4.65. The number of thiophene rings is 1. The van der Waals surface area contributed by atoms with Gasteiger partial charge in [0.1, 0.15) is 10.4 Å². The zero-order valence-corrected chi connectivity index (χ0v) is 21.9. The van der Waals surface area contributed by atoms with Gasteiger partial charge in [-0.1, -0.05) is 0 Å². The highest BCUT2D eigenvalue weighted by atomic mass is 32.2. The molecule has 3 aromatic heterocycles. The molecule has 38 heavy (non-hydrogen) atoms. The minimum absolute atomic E-state index is 0.0280. The molecule has 2 saturated carbocycles. The summed E-state index contributed by atoms with van der Waals surface area (Å²) in [6, 6.07) is 1.91. The normalized spacial score (nSPS) is 19.7. The molecule has 2 N–H and O–H groups in total. The van der Waals surface area contributed by atoms with Gasteiger partial charge in [0.25, 0.3) is 5.91 Å². The van der Waals surface area contributed by atoms with Crippen molar-refractivity contribution in [2.45, 2.75) is 61.7 Å². The Hall–Kier alpha value is -2.77. The molecular weight excluding hydrogens is 535 g/mol. The predicted molar refractivity (Wildman–Crippen MR) is 138 cm³/mol. The lowest BCUT2D eigenvalue weighted by molar-refractivity contribution is -0.137. The van der Waals surface area contributed by atoms with Crippen LogP contribution >= 0.6 is 23.1 Å². The van der Waals surface area contributed by atoms with E-state index in [0.29, 0.717) is 39.3 Å². The number of anilines is 2. The molecule has 8 nitrogen and oxygen atoms in total. The number of hydrogen-bond donors (Lipinski definition) is 2. The number of nitrogens with one attached hydrogen (secondary N) is 2. The van der Waals surface area contributed by atoms with E-state index >= 15 is 0 Å². The average Bonchev–Trinajstić information content (AvgIpc) is 3.82. The number of rotatable bonds is 5. The zero-order valence-electron chi connectivity index (χ0n) is 20.3. The number of aromatic nitrogens is 4. The van der Waals surface area contributed by atoms with E-state index in [4.69, 9.17) is 9.97 Å². The Kier molecular flexibility index (Phi) is 5.85. The molecule has 2 aliphatic carbocycles. The van der Waals surface area contributed by atoms with Crippen molar-refractivity contribution in [3.8, 4) is 10.6 Å². The summed E-state index contributed by atoms with van der Waals surface area (Å²) in [6.07, 6.45) is 0.851. The maximum absolute atomic E-state index is 14.1. The van der Waals surface area contributed by atoms with Crippen molar-refractivity contribution in [1.82, 2.24) is 30.2 Å². The van der Waals surface area contributed by atoms with E-state index in [1.54, 1.807) is 6.07 Å². The summed E-state index contributed by atoms with van der Waals surface area (Å²) < 4.78 is 42.2. The molecule has 0 spiro atoms.